The van der Waals surface area contributed by atoms with Crippen molar-refractivity contribution in [3.05, 3.63) is 0 Å². The summed E-state index contributed by atoms with van der Waals surface area (Å²) in [4.78, 5) is 0. The monoisotopic (exact) mass is 1040 g/mol. The Morgan fingerprint density at radius 2 is 0.486 bits per heavy atom. The summed E-state index contributed by atoms with van der Waals surface area (Å²) >= 11 is 0. The molecule has 0 saturated carbocycles. The Labute approximate surface area is 398 Å². The van der Waals surface area contributed by atoms with Crippen LogP contribution >= 0.6 is 0 Å². The Hall–Kier alpha value is -1.24. The highest BCUT2D eigenvalue weighted by atomic mass is 16.7. The van der Waals surface area contributed by atoms with Gasteiger partial charge in [0.05, 0.1) is 51.8 Å². The minimum Gasteiger partial charge on any atom is -0.388 e. The summed E-state index contributed by atoms with van der Waals surface area (Å²) in [6, 6.07) is 0. The Morgan fingerprint density at radius 1 is 0.257 bits per heavy atom. The summed E-state index contributed by atoms with van der Waals surface area (Å²) in [5.41, 5.74) is 0. The number of methoxy groups -OCH3 is 1. The fourth-order valence-electron chi connectivity index (χ4n) is 7.64. The molecule has 0 aromatic heterocycles. The molecule has 0 radical (unpaired) electrons. The molecule has 0 aromatic rings. The van der Waals surface area contributed by atoms with Gasteiger partial charge in [0.25, 0.3) is 0 Å². The second-order valence-electron chi connectivity index (χ2n) is 17.7. The first-order valence-corrected chi connectivity index (χ1v) is 22.2. The predicted molar refractivity (Wildman–Crippen MR) is 218 cm³/mol. The highest BCUT2D eigenvalue weighted by Crippen LogP contribution is 2.28. The fourth-order valence-corrected chi connectivity index (χ4v) is 7.64. The highest BCUT2D eigenvalue weighted by Gasteiger charge is 2.49. The van der Waals surface area contributed by atoms with Crippen LogP contribution in [0.5, 0.6) is 0 Å². The third-order valence-corrected chi connectivity index (χ3v) is 12.5. The molecule has 3 unspecified atom stereocenters. The van der Waals surface area contributed by atoms with Crippen molar-refractivity contribution in [2.24, 2.45) is 0 Å². The summed E-state index contributed by atoms with van der Waals surface area (Å²) in [6.45, 7) is 0.852. The number of aliphatic hydroxyl groups excluding tert-OH is 21. The molecule has 21 N–H and O–H groups in total. The van der Waals surface area contributed by atoms with Gasteiger partial charge in [-0.1, -0.05) is 0 Å². The van der Waals surface area contributed by atoms with Crippen molar-refractivity contribution in [2.75, 3.05) is 46.8 Å². The lowest BCUT2D eigenvalue weighted by Gasteiger charge is -2.31. The van der Waals surface area contributed by atoms with E-state index in [0.717, 1.165) is 0 Å². The van der Waals surface area contributed by atoms with Crippen molar-refractivity contribution in [3.63, 3.8) is 0 Å². The average Bonchev–Trinajstić information content (AvgIpc) is 3.68. The Bertz CT molecular complexity index is 1430. The van der Waals surface area contributed by atoms with Gasteiger partial charge in [-0.25, -0.2) is 0 Å². The van der Waals surface area contributed by atoms with Gasteiger partial charge in [0, 0.05) is 7.11 Å². The molecule has 6 saturated heterocycles. The first kappa shape index (κ1) is 61.3. The molecule has 0 aromatic carbocycles. The number of rotatable bonds is 7. The van der Waals surface area contributed by atoms with Gasteiger partial charge in [0.1, 0.15) is 146 Å². The van der Waals surface area contributed by atoms with Crippen LogP contribution in [0.15, 0.2) is 0 Å². The molecule has 0 aliphatic carbocycles. The maximum absolute atomic E-state index is 10.5. The van der Waals surface area contributed by atoms with Crippen LogP contribution < -0.4 is 0 Å². The van der Waals surface area contributed by atoms with Crippen molar-refractivity contribution >= 4 is 0 Å². The van der Waals surface area contributed by atoms with E-state index in [1.807, 2.05) is 0 Å². The zero-order chi connectivity index (χ0) is 52.6. The predicted octanol–water partition coefficient (Wildman–Crippen LogP) is -13.4. The van der Waals surface area contributed by atoms with E-state index in [9.17, 15) is 102 Å². The molecular formula is C39H72O31. The van der Waals surface area contributed by atoms with Gasteiger partial charge in [-0.05, 0) is 13.8 Å². The van der Waals surface area contributed by atoms with Crippen LogP contribution in [-0.4, -0.2) is 338 Å². The molecule has 0 bridgehead atoms. The first-order valence-electron chi connectivity index (χ1n) is 22.2. The molecule has 0 amide bonds. The fraction of sp³-hybridized carbons (Fsp3) is 1.00. The molecule has 6 aliphatic rings. The molecule has 70 heavy (non-hydrogen) atoms. The summed E-state index contributed by atoms with van der Waals surface area (Å²) in [6.07, 6.45) is -45.0. The van der Waals surface area contributed by atoms with Crippen molar-refractivity contribution in [1.82, 2.24) is 0 Å². The minimum absolute atomic E-state index is 0.0730. The van der Waals surface area contributed by atoms with E-state index in [1.165, 1.54) is 14.0 Å². The van der Waals surface area contributed by atoms with E-state index in [2.05, 4.69) is 0 Å². The van der Waals surface area contributed by atoms with E-state index < -0.39 is 204 Å². The van der Waals surface area contributed by atoms with Crippen molar-refractivity contribution < 1.29 is 155 Å². The molecule has 6 aliphatic heterocycles. The zero-order valence-electron chi connectivity index (χ0n) is 38.0. The van der Waals surface area contributed by atoms with E-state index in [1.54, 1.807) is 6.92 Å². The Kier molecular flexibility index (Phi) is 24.1. The van der Waals surface area contributed by atoms with Crippen LogP contribution in [0.25, 0.3) is 0 Å². The molecule has 31 nitrogen and oxygen atoms in total. The molecule has 6 heterocycles. The largest absolute Gasteiger partial charge is 0.388 e. The van der Waals surface area contributed by atoms with Gasteiger partial charge in [-0.15, -0.1) is 0 Å². The van der Waals surface area contributed by atoms with E-state index in [4.69, 9.17) is 52.5 Å². The van der Waals surface area contributed by atoms with E-state index in [0.29, 0.717) is 0 Å². The standard InChI is InChI=1S/C19H34O15.C13H24O11.C7H14O5/c1-5-9(21)13(25)11(23)7(3-30-5)33-19-17(29)15(27)12(24)8(4-32-19)34-18-16(28)14(26)10(22)6(20)2-31-18;1-21-12-10(19)9(18)7(16)5(3-23-12)24-13-11(20)8(17)6(15)4(14)2-22-13;1-3-5(9)7(11)6(10)4(8)2-12-3/h5-29H,2-4H2,1H3;4-20H,2-3H2,1H3;3-11H,2H2,1H3/t5-,6-,7?,8-,9-,10-,11-,12-,13-,14+,15+,16+,17+,18?,19-;4-,5?,6-,7-,8+,9+,10+,11+,12+,13-;3-,4-,5-,6-,7-/m111/s1. The summed E-state index contributed by atoms with van der Waals surface area (Å²) in [5, 5.41) is 207. The highest BCUT2D eigenvalue weighted by molar-refractivity contribution is 4.94. The Balaban J connectivity index is 0.000000256. The second-order valence-corrected chi connectivity index (χ2v) is 17.7. The van der Waals surface area contributed by atoms with Crippen LogP contribution in [0.4, 0.5) is 0 Å². The zero-order valence-corrected chi connectivity index (χ0v) is 38.0. The van der Waals surface area contributed by atoms with Crippen LogP contribution in [0.3, 0.4) is 0 Å². The maximum Gasteiger partial charge on any atom is 0.186 e. The van der Waals surface area contributed by atoms with Crippen molar-refractivity contribution in [3.8, 4) is 0 Å². The van der Waals surface area contributed by atoms with E-state index in [-0.39, 0.29) is 19.8 Å². The van der Waals surface area contributed by atoms with Gasteiger partial charge >= 0.3 is 0 Å². The average molecular weight is 1040 g/mol. The SMILES string of the molecule is CO[C@H]1OCC(O[C@H]2OC[C@@H](O)[C@@H](O)[C@H](O)[C@@H]2O)[C@@H](O)[C@H](O)[C@@H]1O.C[C@H]1OCC(O[C@H]2OC[C@@H](OC3OC[C@@H](O)[C@@H](O)[C@H](O)[C@@H]3O)[C@@H](O)[C@H](O)[C@@H]2O)[C@@H](O)[C@H](O)[C@@H]1O.C[C@H]1OC[C@@H](O)[C@@H](O)[C@H](O)[C@@H]1O. The lowest BCUT2D eigenvalue weighted by atomic mass is 10.0. The van der Waals surface area contributed by atoms with Gasteiger partial charge < -0.3 is 155 Å². The summed E-state index contributed by atoms with van der Waals surface area (Å²) in [5.74, 6) is 0. The quantitative estimate of drug-likeness (QED) is 0.113. The number of hydrogen-bond acceptors (Lipinski definition) is 31. The van der Waals surface area contributed by atoms with Crippen LogP contribution in [0.2, 0.25) is 0 Å². The first-order chi connectivity index (χ1) is 32.7. The number of hydrogen-bond donors (Lipinski definition) is 21. The maximum atomic E-state index is 10.5. The summed E-state index contributed by atoms with van der Waals surface area (Å²) < 4.78 is 52.2. The van der Waals surface area contributed by atoms with Crippen molar-refractivity contribution in [1.29, 1.82) is 0 Å². The molecule has 6 rings (SSSR count). The van der Waals surface area contributed by atoms with Crippen LogP contribution in [0, 0.1) is 0 Å². The van der Waals surface area contributed by atoms with Crippen LogP contribution in [-0.2, 0) is 47.4 Å². The topological polar surface area (TPSA) is 517 Å². The minimum atomic E-state index is -1.92. The third kappa shape index (κ3) is 15.0. The van der Waals surface area contributed by atoms with Crippen LogP contribution in [0.1, 0.15) is 13.8 Å². The summed E-state index contributed by atoms with van der Waals surface area (Å²) in [7, 11) is 1.24. The molecule has 414 valence electrons. The smallest absolute Gasteiger partial charge is 0.186 e. The lowest BCUT2D eigenvalue weighted by molar-refractivity contribution is -0.263. The van der Waals surface area contributed by atoms with Gasteiger partial charge in [-0.3, -0.25) is 0 Å². The molecular weight excluding hydrogens is 964 g/mol. The number of aliphatic hydroxyl groups is 21. The molecule has 31 heteroatoms. The Morgan fingerprint density at radius 3 is 0.829 bits per heavy atom. The van der Waals surface area contributed by atoms with Crippen molar-refractivity contribution in [2.45, 2.75) is 198 Å². The van der Waals surface area contributed by atoms with Gasteiger partial charge in [0.15, 0.2) is 25.2 Å². The van der Waals surface area contributed by atoms with Gasteiger partial charge in [-0.2, -0.15) is 0 Å². The molecule has 6 fully saturated rings. The molecule has 30 atom stereocenters. The lowest BCUT2D eigenvalue weighted by Crippen LogP contribution is -2.52. The van der Waals surface area contributed by atoms with Gasteiger partial charge in [0.2, 0.25) is 0 Å². The van der Waals surface area contributed by atoms with E-state index >= 15 is 0 Å². The third-order valence-electron chi connectivity index (χ3n) is 12.5. The normalized spacial score (nSPS) is 52.1. The number of ether oxygens (including phenoxy) is 10. The molecule has 0 spiro atoms. The second kappa shape index (κ2) is 27.5.